The molecular weight excluding hydrogens is 220 g/mol. The molecule has 1 rings (SSSR count). The van der Waals surface area contributed by atoms with E-state index >= 15 is 0 Å². The molecule has 0 saturated carbocycles. The standard InChI is InChI=1S/C9H17BrO2/c1-9(2)8(10)7(6-12-9)4-5-11-3/h7-8H,4-6H2,1-3H3. The molecule has 0 aromatic rings. The molecule has 0 spiro atoms. The zero-order chi connectivity index (χ0) is 9.19. The molecule has 3 heteroatoms. The van der Waals surface area contributed by atoms with E-state index in [2.05, 4.69) is 29.8 Å². The minimum Gasteiger partial charge on any atom is -0.385 e. The van der Waals surface area contributed by atoms with Crippen molar-refractivity contribution in [2.24, 2.45) is 5.92 Å². The van der Waals surface area contributed by atoms with Crippen LogP contribution in [0.25, 0.3) is 0 Å². The van der Waals surface area contributed by atoms with Crippen LogP contribution in [0.1, 0.15) is 20.3 Å². The average Bonchev–Trinajstić information content (AvgIpc) is 2.26. The molecule has 0 amide bonds. The van der Waals surface area contributed by atoms with E-state index in [1.54, 1.807) is 7.11 Å². The highest BCUT2D eigenvalue weighted by molar-refractivity contribution is 9.09. The molecule has 1 aliphatic heterocycles. The highest BCUT2D eigenvalue weighted by Crippen LogP contribution is 2.37. The topological polar surface area (TPSA) is 18.5 Å². The minimum absolute atomic E-state index is 0.0155. The van der Waals surface area contributed by atoms with Crippen LogP contribution in [0.3, 0.4) is 0 Å². The summed E-state index contributed by atoms with van der Waals surface area (Å²) in [6, 6.07) is 0. The van der Waals surface area contributed by atoms with Crippen molar-refractivity contribution in [2.75, 3.05) is 20.3 Å². The Hall–Kier alpha value is 0.400. The summed E-state index contributed by atoms with van der Waals surface area (Å²) in [6.45, 7) is 5.93. The summed E-state index contributed by atoms with van der Waals surface area (Å²) in [5.41, 5.74) is -0.0155. The van der Waals surface area contributed by atoms with Crippen molar-refractivity contribution < 1.29 is 9.47 Å². The molecule has 0 N–H and O–H groups in total. The summed E-state index contributed by atoms with van der Waals surface area (Å²) >= 11 is 3.68. The largest absolute Gasteiger partial charge is 0.385 e. The average molecular weight is 237 g/mol. The van der Waals surface area contributed by atoms with Crippen LogP contribution in [-0.2, 0) is 9.47 Å². The van der Waals surface area contributed by atoms with Gasteiger partial charge in [-0.15, -0.1) is 0 Å². The summed E-state index contributed by atoms with van der Waals surface area (Å²) < 4.78 is 10.7. The molecule has 0 aromatic heterocycles. The molecule has 2 atom stereocenters. The van der Waals surface area contributed by atoms with Gasteiger partial charge in [-0.1, -0.05) is 15.9 Å². The number of halogens is 1. The Morgan fingerprint density at radius 1 is 1.58 bits per heavy atom. The second-order valence-corrected chi connectivity index (χ2v) is 4.84. The maximum Gasteiger partial charge on any atom is 0.0754 e. The summed E-state index contributed by atoms with van der Waals surface area (Å²) in [5, 5.41) is 0. The molecule has 0 radical (unpaired) electrons. The fourth-order valence-electron chi connectivity index (χ4n) is 1.55. The Bertz CT molecular complexity index is 147. The van der Waals surface area contributed by atoms with E-state index in [1.807, 2.05) is 0 Å². The van der Waals surface area contributed by atoms with Crippen molar-refractivity contribution >= 4 is 15.9 Å². The van der Waals surface area contributed by atoms with Crippen molar-refractivity contribution in [3.8, 4) is 0 Å². The Labute approximate surface area is 82.7 Å². The first kappa shape index (κ1) is 10.5. The third kappa shape index (κ3) is 2.21. The Morgan fingerprint density at radius 2 is 2.25 bits per heavy atom. The highest BCUT2D eigenvalue weighted by Gasteiger charge is 2.40. The van der Waals surface area contributed by atoms with Gasteiger partial charge in [-0.05, 0) is 26.2 Å². The number of rotatable bonds is 3. The molecule has 0 bridgehead atoms. The van der Waals surface area contributed by atoms with E-state index < -0.39 is 0 Å². The van der Waals surface area contributed by atoms with Gasteiger partial charge in [-0.2, -0.15) is 0 Å². The SMILES string of the molecule is COCCC1COC(C)(C)C1Br. The quantitative estimate of drug-likeness (QED) is 0.700. The van der Waals surface area contributed by atoms with Gasteiger partial charge in [-0.25, -0.2) is 0 Å². The van der Waals surface area contributed by atoms with Gasteiger partial charge in [-0.3, -0.25) is 0 Å². The third-order valence-corrected chi connectivity index (χ3v) is 4.29. The predicted octanol–water partition coefficient (Wildman–Crippen LogP) is 2.21. The van der Waals surface area contributed by atoms with Gasteiger partial charge in [0.25, 0.3) is 0 Å². The lowest BCUT2D eigenvalue weighted by atomic mass is 9.95. The zero-order valence-electron chi connectivity index (χ0n) is 7.97. The maximum absolute atomic E-state index is 5.66. The van der Waals surface area contributed by atoms with Crippen LogP contribution < -0.4 is 0 Å². The summed E-state index contributed by atoms with van der Waals surface area (Å²) in [7, 11) is 1.74. The molecule has 12 heavy (non-hydrogen) atoms. The maximum atomic E-state index is 5.66. The predicted molar refractivity (Wildman–Crippen MR) is 52.7 cm³/mol. The number of ether oxygens (including phenoxy) is 2. The number of methoxy groups -OCH3 is 1. The van der Waals surface area contributed by atoms with Crippen molar-refractivity contribution in [2.45, 2.75) is 30.7 Å². The molecule has 2 nitrogen and oxygen atoms in total. The van der Waals surface area contributed by atoms with Gasteiger partial charge in [0.15, 0.2) is 0 Å². The summed E-state index contributed by atoms with van der Waals surface area (Å²) in [6.07, 6.45) is 1.08. The Morgan fingerprint density at radius 3 is 2.67 bits per heavy atom. The fraction of sp³-hybridized carbons (Fsp3) is 1.00. The third-order valence-electron chi connectivity index (χ3n) is 2.44. The van der Waals surface area contributed by atoms with Gasteiger partial charge >= 0.3 is 0 Å². The van der Waals surface area contributed by atoms with E-state index in [-0.39, 0.29) is 5.60 Å². The van der Waals surface area contributed by atoms with Crippen LogP contribution in [0.2, 0.25) is 0 Å². The highest BCUT2D eigenvalue weighted by atomic mass is 79.9. The summed E-state index contributed by atoms with van der Waals surface area (Å²) in [4.78, 5) is 0.458. The van der Waals surface area contributed by atoms with Crippen LogP contribution in [0.4, 0.5) is 0 Å². The molecule has 2 unspecified atom stereocenters. The Balaban J connectivity index is 2.39. The first-order chi connectivity index (χ1) is 5.58. The van der Waals surface area contributed by atoms with Gasteiger partial charge in [0.2, 0.25) is 0 Å². The van der Waals surface area contributed by atoms with E-state index in [1.165, 1.54) is 0 Å². The Kier molecular flexibility index (Phi) is 3.56. The van der Waals surface area contributed by atoms with Gasteiger partial charge in [0.05, 0.1) is 12.2 Å². The van der Waals surface area contributed by atoms with E-state index in [9.17, 15) is 0 Å². The molecular formula is C9H17BrO2. The molecule has 0 aliphatic carbocycles. The van der Waals surface area contributed by atoms with E-state index in [0.717, 1.165) is 19.6 Å². The molecule has 1 heterocycles. The molecule has 0 aromatic carbocycles. The van der Waals surface area contributed by atoms with E-state index in [0.29, 0.717) is 10.7 Å². The molecule has 1 saturated heterocycles. The molecule has 1 aliphatic rings. The van der Waals surface area contributed by atoms with Crippen LogP contribution in [-0.4, -0.2) is 30.8 Å². The van der Waals surface area contributed by atoms with E-state index in [4.69, 9.17) is 9.47 Å². The lowest BCUT2D eigenvalue weighted by molar-refractivity contribution is 0.0372. The first-order valence-electron chi connectivity index (χ1n) is 4.35. The second kappa shape index (κ2) is 4.07. The lowest BCUT2D eigenvalue weighted by Gasteiger charge is -2.23. The van der Waals surface area contributed by atoms with Crippen LogP contribution >= 0.6 is 15.9 Å². The normalized spacial score (nSPS) is 34.0. The zero-order valence-corrected chi connectivity index (χ0v) is 9.56. The van der Waals surface area contributed by atoms with Crippen LogP contribution in [0.5, 0.6) is 0 Å². The second-order valence-electron chi connectivity index (χ2n) is 3.86. The van der Waals surface area contributed by atoms with Crippen molar-refractivity contribution in [3.63, 3.8) is 0 Å². The lowest BCUT2D eigenvalue weighted by Crippen LogP contribution is -2.30. The van der Waals surface area contributed by atoms with Crippen molar-refractivity contribution in [1.29, 1.82) is 0 Å². The van der Waals surface area contributed by atoms with Gasteiger partial charge < -0.3 is 9.47 Å². The molecule has 1 fully saturated rings. The summed E-state index contributed by atoms with van der Waals surface area (Å²) in [5.74, 6) is 0.597. The first-order valence-corrected chi connectivity index (χ1v) is 5.26. The van der Waals surface area contributed by atoms with Crippen molar-refractivity contribution in [1.82, 2.24) is 0 Å². The monoisotopic (exact) mass is 236 g/mol. The fourth-order valence-corrected chi connectivity index (χ4v) is 2.10. The van der Waals surface area contributed by atoms with Gasteiger partial charge in [0, 0.05) is 18.5 Å². The van der Waals surface area contributed by atoms with Gasteiger partial charge in [0.1, 0.15) is 0 Å². The number of alkyl halides is 1. The smallest absolute Gasteiger partial charge is 0.0754 e. The number of hydrogen-bond acceptors (Lipinski definition) is 2. The molecule has 72 valence electrons. The number of hydrogen-bond donors (Lipinski definition) is 0. The minimum atomic E-state index is -0.0155. The van der Waals surface area contributed by atoms with Crippen molar-refractivity contribution in [3.05, 3.63) is 0 Å². The van der Waals surface area contributed by atoms with Crippen LogP contribution in [0, 0.1) is 5.92 Å². The van der Waals surface area contributed by atoms with Crippen LogP contribution in [0.15, 0.2) is 0 Å².